The lowest BCUT2D eigenvalue weighted by Crippen LogP contribution is -2.14. The normalized spacial score (nSPS) is 11.5. The number of hydrogen-bond donors (Lipinski definition) is 1. The molecule has 4 rings (SSSR count). The number of thiazole rings is 1. The standard InChI is InChI=1S/C18H16N4O4S2/c1-25-15-9-8-13(10-16(15)26-2)28(23,24)21-17-19-18-22(20-17)14(11-27-18)12-6-4-3-5-7-12/h3-11H,1-2H3,(H,20,21). The molecule has 0 spiro atoms. The quantitative estimate of drug-likeness (QED) is 0.518. The van der Waals surface area contributed by atoms with Gasteiger partial charge in [0.1, 0.15) is 0 Å². The largest absolute Gasteiger partial charge is 0.493 e. The van der Waals surface area contributed by atoms with Gasteiger partial charge >= 0.3 is 0 Å². The molecule has 4 aromatic rings. The Bertz CT molecular complexity index is 1230. The summed E-state index contributed by atoms with van der Waals surface area (Å²) < 4.78 is 39.8. The van der Waals surface area contributed by atoms with E-state index in [2.05, 4.69) is 14.8 Å². The van der Waals surface area contributed by atoms with Gasteiger partial charge in [0.25, 0.3) is 16.0 Å². The topological polar surface area (TPSA) is 94.8 Å². The van der Waals surface area contributed by atoms with E-state index in [0.717, 1.165) is 11.3 Å². The fourth-order valence-electron chi connectivity index (χ4n) is 2.69. The molecule has 1 N–H and O–H groups in total. The predicted octanol–water partition coefficient (Wildman–Crippen LogP) is 3.28. The summed E-state index contributed by atoms with van der Waals surface area (Å²) >= 11 is 1.38. The molecule has 0 amide bonds. The van der Waals surface area contributed by atoms with Crippen molar-refractivity contribution in [3.63, 3.8) is 0 Å². The maximum atomic E-state index is 12.7. The lowest BCUT2D eigenvalue weighted by molar-refractivity contribution is 0.354. The van der Waals surface area contributed by atoms with Crippen LogP contribution in [0.3, 0.4) is 0 Å². The van der Waals surface area contributed by atoms with Gasteiger partial charge in [-0.05, 0) is 12.1 Å². The number of hydrogen-bond acceptors (Lipinski definition) is 7. The first-order valence-electron chi connectivity index (χ1n) is 8.16. The van der Waals surface area contributed by atoms with Gasteiger partial charge in [0.05, 0.1) is 24.8 Å². The minimum atomic E-state index is -3.89. The van der Waals surface area contributed by atoms with Crippen LogP contribution in [-0.4, -0.2) is 37.2 Å². The number of rotatable bonds is 6. The SMILES string of the molecule is COc1ccc(S(=O)(=O)Nc2nc3scc(-c4ccccc4)n3n2)cc1OC. The van der Waals surface area contributed by atoms with Gasteiger partial charge < -0.3 is 9.47 Å². The Morgan fingerprint density at radius 1 is 1.04 bits per heavy atom. The molecule has 0 radical (unpaired) electrons. The zero-order valence-corrected chi connectivity index (χ0v) is 16.6. The average Bonchev–Trinajstić information content (AvgIpc) is 3.27. The second-order valence-electron chi connectivity index (χ2n) is 5.74. The lowest BCUT2D eigenvalue weighted by Gasteiger charge is -2.10. The molecule has 0 fully saturated rings. The summed E-state index contributed by atoms with van der Waals surface area (Å²) in [5, 5.41) is 6.23. The van der Waals surface area contributed by atoms with Crippen LogP contribution < -0.4 is 14.2 Å². The smallest absolute Gasteiger partial charge is 0.264 e. The van der Waals surface area contributed by atoms with Crippen molar-refractivity contribution in [2.24, 2.45) is 0 Å². The van der Waals surface area contributed by atoms with Gasteiger partial charge in [-0.1, -0.05) is 30.3 Å². The first-order valence-corrected chi connectivity index (χ1v) is 10.5. The molecule has 2 aromatic carbocycles. The lowest BCUT2D eigenvalue weighted by atomic mass is 10.2. The van der Waals surface area contributed by atoms with Crippen LogP contribution in [0.25, 0.3) is 16.2 Å². The Labute approximate surface area is 165 Å². The highest BCUT2D eigenvalue weighted by molar-refractivity contribution is 7.92. The summed E-state index contributed by atoms with van der Waals surface area (Å²) in [4.78, 5) is 4.88. The number of benzene rings is 2. The number of fused-ring (bicyclic) bond motifs is 1. The molecule has 2 aromatic heterocycles. The van der Waals surface area contributed by atoms with Gasteiger partial charge in [-0.25, -0.2) is 17.7 Å². The fourth-order valence-corrected chi connectivity index (χ4v) is 4.48. The summed E-state index contributed by atoms with van der Waals surface area (Å²) in [6, 6.07) is 14.0. The Morgan fingerprint density at radius 2 is 1.79 bits per heavy atom. The first kappa shape index (κ1) is 18.3. The number of ether oxygens (including phenoxy) is 2. The van der Waals surface area contributed by atoms with Crippen LogP contribution in [0.1, 0.15) is 0 Å². The first-order chi connectivity index (χ1) is 13.5. The maximum Gasteiger partial charge on any atom is 0.264 e. The van der Waals surface area contributed by atoms with Crippen molar-refractivity contribution in [3.8, 4) is 22.8 Å². The van der Waals surface area contributed by atoms with E-state index in [4.69, 9.17) is 9.47 Å². The van der Waals surface area contributed by atoms with E-state index in [0.29, 0.717) is 16.5 Å². The zero-order chi connectivity index (χ0) is 19.7. The van der Waals surface area contributed by atoms with Crippen LogP contribution in [-0.2, 0) is 10.0 Å². The summed E-state index contributed by atoms with van der Waals surface area (Å²) in [5.74, 6) is 0.754. The van der Waals surface area contributed by atoms with Crippen molar-refractivity contribution in [1.29, 1.82) is 0 Å². The molecule has 0 aliphatic heterocycles. The molecular weight excluding hydrogens is 400 g/mol. The number of nitrogens with zero attached hydrogens (tertiary/aromatic N) is 3. The number of aromatic nitrogens is 3. The highest BCUT2D eigenvalue weighted by Gasteiger charge is 2.20. The second kappa shape index (κ2) is 7.13. The van der Waals surface area contributed by atoms with Gasteiger partial charge in [0.2, 0.25) is 4.96 Å². The Kier molecular flexibility index (Phi) is 4.65. The van der Waals surface area contributed by atoms with E-state index < -0.39 is 10.0 Å². The molecule has 8 nitrogen and oxygen atoms in total. The van der Waals surface area contributed by atoms with Crippen LogP contribution in [0.5, 0.6) is 11.5 Å². The van der Waals surface area contributed by atoms with Gasteiger partial charge in [-0.3, -0.25) is 0 Å². The minimum Gasteiger partial charge on any atom is -0.493 e. The third-order valence-corrected chi connectivity index (χ3v) is 6.18. The van der Waals surface area contributed by atoms with E-state index >= 15 is 0 Å². The van der Waals surface area contributed by atoms with Crippen molar-refractivity contribution in [1.82, 2.24) is 14.6 Å². The molecule has 144 valence electrons. The minimum absolute atomic E-state index is 0.00110. The molecule has 28 heavy (non-hydrogen) atoms. The van der Waals surface area contributed by atoms with E-state index in [1.54, 1.807) is 4.52 Å². The number of methoxy groups -OCH3 is 2. The molecular formula is C18H16N4O4S2. The Hall–Kier alpha value is -3.11. The van der Waals surface area contributed by atoms with E-state index in [1.165, 1.54) is 43.8 Å². The summed E-state index contributed by atoms with van der Waals surface area (Å²) in [6.07, 6.45) is 0. The van der Waals surface area contributed by atoms with Gasteiger partial charge in [-0.15, -0.1) is 16.4 Å². The molecule has 0 saturated heterocycles. The highest BCUT2D eigenvalue weighted by atomic mass is 32.2. The van der Waals surface area contributed by atoms with Crippen LogP contribution in [0.15, 0.2) is 58.8 Å². The number of sulfonamides is 1. The monoisotopic (exact) mass is 416 g/mol. The molecule has 2 heterocycles. The molecule has 0 unspecified atom stereocenters. The van der Waals surface area contributed by atoms with Crippen molar-refractivity contribution >= 4 is 32.3 Å². The van der Waals surface area contributed by atoms with Gasteiger partial charge in [0.15, 0.2) is 11.5 Å². The molecule has 0 saturated carbocycles. The molecule has 10 heteroatoms. The van der Waals surface area contributed by atoms with E-state index in [-0.39, 0.29) is 10.8 Å². The summed E-state index contributed by atoms with van der Waals surface area (Å²) in [7, 11) is -0.968. The van der Waals surface area contributed by atoms with Gasteiger partial charge in [-0.2, -0.15) is 4.98 Å². The van der Waals surface area contributed by atoms with Gasteiger partial charge in [0, 0.05) is 17.0 Å². The summed E-state index contributed by atoms with van der Waals surface area (Å²) in [5.41, 5.74) is 1.80. The van der Waals surface area contributed by atoms with E-state index in [1.807, 2.05) is 35.7 Å². The molecule has 0 aliphatic rings. The predicted molar refractivity (Wildman–Crippen MR) is 107 cm³/mol. The number of nitrogens with one attached hydrogen (secondary N) is 1. The van der Waals surface area contributed by atoms with E-state index in [9.17, 15) is 8.42 Å². The van der Waals surface area contributed by atoms with Crippen LogP contribution in [0.2, 0.25) is 0 Å². The fraction of sp³-hybridized carbons (Fsp3) is 0.111. The Morgan fingerprint density at radius 3 is 2.50 bits per heavy atom. The maximum absolute atomic E-state index is 12.7. The molecule has 0 bridgehead atoms. The third kappa shape index (κ3) is 3.27. The van der Waals surface area contributed by atoms with Crippen molar-refractivity contribution < 1.29 is 17.9 Å². The summed E-state index contributed by atoms with van der Waals surface area (Å²) in [6.45, 7) is 0. The zero-order valence-electron chi connectivity index (χ0n) is 15.0. The number of anilines is 1. The van der Waals surface area contributed by atoms with Crippen molar-refractivity contribution in [2.75, 3.05) is 18.9 Å². The Balaban J connectivity index is 1.67. The van der Waals surface area contributed by atoms with Crippen molar-refractivity contribution in [3.05, 3.63) is 53.9 Å². The third-order valence-electron chi connectivity index (χ3n) is 4.04. The second-order valence-corrected chi connectivity index (χ2v) is 8.26. The molecule has 0 atom stereocenters. The van der Waals surface area contributed by atoms with Crippen LogP contribution >= 0.6 is 11.3 Å². The van der Waals surface area contributed by atoms with Crippen LogP contribution in [0.4, 0.5) is 5.95 Å². The average molecular weight is 416 g/mol. The highest BCUT2D eigenvalue weighted by Crippen LogP contribution is 2.30. The molecule has 0 aliphatic carbocycles. The van der Waals surface area contributed by atoms with Crippen LogP contribution in [0, 0.1) is 0 Å². The van der Waals surface area contributed by atoms with Crippen molar-refractivity contribution in [2.45, 2.75) is 4.90 Å².